The molecule has 0 unspecified atom stereocenters. The summed E-state index contributed by atoms with van der Waals surface area (Å²) in [7, 11) is 1.92. The Morgan fingerprint density at radius 1 is 1.38 bits per heavy atom. The van der Waals surface area contributed by atoms with E-state index in [4.69, 9.17) is 10.7 Å². The Labute approximate surface area is 156 Å². The van der Waals surface area contributed by atoms with Gasteiger partial charge in [0, 0.05) is 24.5 Å². The SMILES string of the molecule is C/C=C(\C=C\N)C1=CN/C(=C\CNC)C(c2cnn(C(CC)CC)c2)=N1. The van der Waals surface area contributed by atoms with Gasteiger partial charge < -0.3 is 16.4 Å². The molecule has 0 spiro atoms. The molecule has 6 nitrogen and oxygen atoms in total. The van der Waals surface area contributed by atoms with E-state index in [0.717, 1.165) is 47.6 Å². The number of rotatable bonds is 8. The predicted octanol–water partition coefficient (Wildman–Crippen LogP) is 3.00. The lowest BCUT2D eigenvalue weighted by atomic mass is 10.1. The molecule has 0 aromatic carbocycles. The molecule has 1 aromatic rings. The van der Waals surface area contributed by atoms with E-state index in [1.165, 1.54) is 6.20 Å². The fourth-order valence-electron chi connectivity index (χ4n) is 2.91. The second-order valence-corrected chi connectivity index (χ2v) is 6.09. The fraction of sp³-hybridized carbons (Fsp3) is 0.400. The van der Waals surface area contributed by atoms with E-state index in [2.05, 4.69) is 41.9 Å². The Hall–Kier alpha value is -2.60. The molecule has 140 valence electrons. The van der Waals surface area contributed by atoms with Crippen molar-refractivity contribution in [2.75, 3.05) is 13.6 Å². The third-order valence-electron chi connectivity index (χ3n) is 4.44. The zero-order valence-corrected chi connectivity index (χ0v) is 16.2. The molecule has 0 atom stereocenters. The smallest absolute Gasteiger partial charge is 0.0973 e. The van der Waals surface area contributed by atoms with Crippen molar-refractivity contribution in [3.63, 3.8) is 0 Å². The minimum atomic E-state index is 0.409. The maximum Gasteiger partial charge on any atom is 0.0973 e. The average Bonchev–Trinajstić information content (AvgIpc) is 3.15. The van der Waals surface area contributed by atoms with E-state index < -0.39 is 0 Å². The number of aromatic nitrogens is 2. The van der Waals surface area contributed by atoms with Crippen molar-refractivity contribution in [1.82, 2.24) is 20.4 Å². The van der Waals surface area contributed by atoms with Crippen molar-refractivity contribution < 1.29 is 0 Å². The molecule has 4 N–H and O–H groups in total. The first-order chi connectivity index (χ1) is 12.7. The van der Waals surface area contributed by atoms with Crippen LogP contribution in [-0.2, 0) is 0 Å². The molecule has 0 saturated heterocycles. The van der Waals surface area contributed by atoms with Gasteiger partial charge in [-0.3, -0.25) is 4.68 Å². The van der Waals surface area contributed by atoms with Crippen LogP contribution in [0.15, 0.2) is 65.0 Å². The zero-order valence-electron chi connectivity index (χ0n) is 16.2. The molecule has 0 saturated carbocycles. The van der Waals surface area contributed by atoms with Gasteiger partial charge in [-0.2, -0.15) is 5.10 Å². The van der Waals surface area contributed by atoms with E-state index >= 15 is 0 Å². The Morgan fingerprint density at radius 2 is 2.15 bits per heavy atom. The third-order valence-corrected chi connectivity index (χ3v) is 4.44. The zero-order chi connectivity index (χ0) is 18.9. The third kappa shape index (κ3) is 4.52. The Morgan fingerprint density at radius 3 is 2.77 bits per heavy atom. The highest BCUT2D eigenvalue weighted by Crippen LogP contribution is 2.22. The number of nitrogens with zero attached hydrogens (tertiary/aromatic N) is 3. The van der Waals surface area contributed by atoms with Crippen LogP contribution in [0.25, 0.3) is 0 Å². The Kier molecular flexibility index (Phi) is 7.41. The number of likely N-dealkylation sites (N-methyl/N-ethyl adjacent to an activating group) is 1. The average molecular weight is 355 g/mol. The summed E-state index contributed by atoms with van der Waals surface area (Å²) in [5, 5.41) is 11.1. The number of nitrogens with one attached hydrogen (secondary N) is 2. The molecule has 1 aromatic heterocycles. The molecule has 0 amide bonds. The van der Waals surface area contributed by atoms with Crippen LogP contribution in [0.1, 0.15) is 45.2 Å². The van der Waals surface area contributed by atoms with Crippen LogP contribution in [0.3, 0.4) is 0 Å². The highest BCUT2D eigenvalue weighted by molar-refractivity contribution is 6.13. The standard InChI is InChI=1S/C20H30N6/c1-5-15(8-10-21)19-13-23-18(9-11-22-4)20(25-19)16-12-24-26(14-16)17(6-2)7-3/h5,8-10,12-14,17,22-23H,6-7,11,21H2,1-4H3/b10-8+,15-5+,18-9-. The summed E-state index contributed by atoms with van der Waals surface area (Å²) >= 11 is 0. The first-order valence-electron chi connectivity index (χ1n) is 9.18. The molecular formula is C20H30N6. The summed E-state index contributed by atoms with van der Waals surface area (Å²) in [5.74, 6) is 0. The van der Waals surface area contributed by atoms with Gasteiger partial charge in [0.1, 0.15) is 0 Å². The molecule has 2 heterocycles. The molecule has 2 rings (SSSR count). The quantitative estimate of drug-likeness (QED) is 0.627. The summed E-state index contributed by atoms with van der Waals surface area (Å²) in [6.07, 6.45) is 15.5. The first kappa shape index (κ1) is 19.7. The van der Waals surface area contributed by atoms with Crippen LogP contribution in [0.2, 0.25) is 0 Å². The number of hydrogen-bond acceptors (Lipinski definition) is 5. The van der Waals surface area contributed by atoms with Gasteiger partial charge in [-0.15, -0.1) is 0 Å². The Balaban J connectivity index is 2.44. The first-order valence-corrected chi connectivity index (χ1v) is 9.18. The number of aliphatic imine (C=N–C) groups is 1. The number of nitrogens with two attached hydrogens (primary N) is 1. The molecule has 1 aliphatic rings. The topological polar surface area (TPSA) is 80.3 Å². The van der Waals surface area contributed by atoms with Crippen LogP contribution in [0.4, 0.5) is 0 Å². The van der Waals surface area contributed by atoms with Gasteiger partial charge in [-0.25, -0.2) is 4.99 Å². The second-order valence-electron chi connectivity index (χ2n) is 6.09. The maximum absolute atomic E-state index is 5.57. The molecular weight excluding hydrogens is 324 g/mol. The normalized spacial score (nSPS) is 17.0. The maximum atomic E-state index is 5.57. The van der Waals surface area contributed by atoms with Crippen molar-refractivity contribution in [1.29, 1.82) is 0 Å². The van der Waals surface area contributed by atoms with Crippen LogP contribution >= 0.6 is 0 Å². The van der Waals surface area contributed by atoms with Gasteiger partial charge in [0.15, 0.2) is 0 Å². The van der Waals surface area contributed by atoms with Crippen molar-refractivity contribution in [2.45, 2.75) is 39.7 Å². The minimum absolute atomic E-state index is 0.409. The van der Waals surface area contributed by atoms with E-state index in [9.17, 15) is 0 Å². The predicted molar refractivity (Wildman–Crippen MR) is 109 cm³/mol. The van der Waals surface area contributed by atoms with Crippen LogP contribution in [-0.4, -0.2) is 29.1 Å². The molecule has 0 bridgehead atoms. The van der Waals surface area contributed by atoms with Gasteiger partial charge in [0.2, 0.25) is 0 Å². The summed E-state index contributed by atoms with van der Waals surface area (Å²) in [4.78, 5) is 4.89. The van der Waals surface area contributed by atoms with Crippen LogP contribution in [0.5, 0.6) is 0 Å². The van der Waals surface area contributed by atoms with Crippen molar-refractivity contribution in [3.05, 3.63) is 65.6 Å². The Bertz CT molecular complexity index is 744. The van der Waals surface area contributed by atoms with Crippen molar-refractivity contribution >= 4 is 5.71 Å². The van der Waals surface area contributed by atoms with E-state index in [0.29, 0.717) is 6.04 Å². The van der Waals surface area contributed by atoms with Gasteiger partial charge in [-0.1, -0.05) is 19.9 Å². The molecule has 0 aliphatic carbocycles. The molecule has 0 radical (unpaired) electrons. The van der Waals surface area contributed by atoms with Gasteiger partial charge in [-0.05, 0) is 50.7 Å². The van der Waals surface area contributed by atoms with Gasteiger partial charge in [0.05, 0.1) is 29.3 Å². The lowest BCUT2D eigenvalue weighted by Crippen LogP contribution is -2.23. The highest BCUT2D eigenvalue weighted by Gasteiger charge is 2.18. The summed E-state index contributed by atoms with van der Waals surface area (Å²) in [6.45, 7) is 7.10. The number of allylic oxidation sites excluding steroid dienone is 3. The fourth-order valence-corrected chi connectivity index (χ4v) is 2.91. The van der Waals surface area contributed by atoms with Crippen LogP contribution < -0.4 is 16.4 Å². The highest BCUT2D eigenvalue weighted by atomic mass is 15.3. The lowest BCUT2D eigenvalue weighted by molar-refractivity contribution is 0.428. The summed E-state index contributed by atoms with van der Waals surface area (Å²) in [6, 6.07) is 0.409. The van der Waals surface area contributed by atoms with Crippen molar-refractivity contribution in [2.24, 2.45) is 10.7 Å². The summed E-state index contributed by atoms with van der Waals surface area (Å²) in [5.41, 5.74) is 10.2. The molecule has 6 heteroatoms. The molecule has 1 aliphatic heterocycles. The van der Waals surface area contributed by atoms with Crippen molar-refractivity contribution in [3.8, 4) is 0 Å². The molecule has 0 fully saturated rings. The van der Waals surface area contributed by atoms with E-state index in [1.807, 2.05) is 43.2 Å². The lowest BCUT2D eigenvalue weighted by Gasteiger charge is -2.18. The molecule has 26 heavy (non-hydrogen) atoms. The van der Waals surface area contributed by atoms with Gasteiger partial charge >= 0.3 is 0 Å². The summed E-state index contributed by atoms with van der Waals surface area (Å²) < 4.78 is 2.04. The number of hydrogen-bond donors (Lipinski definition) is 3. The largest absolute Gasteiger partial charge is 0.405 e. The minimum Gasteiger partial charge on any atom is -0.405 e. The van der Waals surface area contributed by atoms with Gasteiger partial charge in [0.25, 0.3) is 0 Å². The van der Waals surface area contributed by atoms with E-state index in [-0.39, 0.29) is 0 Å². The second kappa shape index (κ2) is 9.77. The monoisotopic (exact) mass is 354 g/mol. The van der Waals surface area contributed by atoms with Crippen LogP contribution in [0, 0.1) is 0 Å². The van der Waals surface area contributed by atoms with E-state index in [1.54, 1.807) is 0 Å².